The lowest BCUT2D eigenvalue weighted by Crippen LogP contribution is -2.08. The van der Waals surface area contributed by atoms with Crippen LogP contribution in [0.25, 0.3) is 21.5 Å². The quantitative estimate of drug-likeness (QED) is 0.0837. The molecule has 4 aromatic rings. The summed E-state index contributed by atoms with van der Waals surface area (Å²) in [5, 5.41) is 5.07. The summed E-state index contributed by atoms with van der Waals surface area (Å²) in [6, 6.07) is 24.4. The normalized spacial score (nSPS) is 10.9. The zero-order valence-electron chi connectivity index (χ0n) is 26.5. The minimum Gasteiger partial charge on any atom is -0.300 e. The van der Waals surface area contributed by atoms with Crippen LogP contribution in [0.4, 0.5) is 0 Å². The third kappa shape index (κ3) is 10.1. The van der Waals surface area contributed by atoms with E-state index in [2.05, 4.69) is 81.6 Å². The molecule has 4 heteroatoms. The van der Waals surface area contributed by atoms with Gasteiger partial charge in [-0.3, -0.25) is 19.2 Å². The van der Waals surface area contributed by atoms with Crippen LogP contribution in [0.1, 0.15) is 74.0 Å². The second kappa shape index (κ2) is 16.4. The minimum absolute atomic E-state index is 0.0233. The highest BCUT2D eigenvalue weighted by atomic mass is 16.1. The van der Waals surface area contributed by atoms with E-state index in [9.17, 15) is 19.2 Å². The molecule has 0 radical (unpaired) electrons. The minimum atomic E-state index is -0.116. The second-order valence-electron chi connectivity index (χ2n) is 12.2. The Bertz CT molecular complexity index is 1580. The van der Waals surface area contributed by atoms with Gasteiger partial charge in [-0.05, 0) is 86.8 Å². The van der Waals surface area contributed by atoms with E-state index in [1.807, 2.05) is 13.8 Å². The van der Waals surface area contributed by atoms with Gasteiger partial charge >= 0.3 is 0 Å². The number of benzene rings is 4. The number of fused-ring (bicyclic) bond motifs is 2. The average Bonchev–Trinajstić information content (AvgIpc) is 2.98. The van der Waals surface area contributed by atoms with Crippen molar-refractivity contribution < 1.29 is 19.2 Å². The number of aryl methyl sites for hydroxylation is 1. The van der Waals surface area contributed by atoms with Gasteiger partial charge in [-0.15, -0.1) is 0 Å². The summed E-state index contributed by atoms with van der Waals surface area (Å²) in [4.78, 5) is 47.4. The van der Waals surface area contributed by atoms with E-state index >= 15 is 0 Å². The van der Waals surface area contributed by atoms with E-state index in [4.69, 9.17) is 0 Å². The van der Waals surface area contributed by atoms with Crippen LogP contribution in [0.2, 0.25) is 0 Å². The van der Waals surface area contributed by atoms with Crippen LogP contribution >= 0.6 is 0 Å². The predicted octanol–water partition coefficient (Wildman–Crippen LogP) is 9.05. The van der Waals surface area contributed by atoms with E-state index in [1.165, 1.54) is 39.3 Å². The van der Waals surface area contributed by atoms with Crippen molar-refractivity contribution in [3.63, 3.8) is 0 Å². The summed E-state index contributed by atoms with van der Waals surface area (Å²) >= 11 is 0. The van der Waals surface area contributed by atoms with E-state index in [0.717, 1.165) is 17.5 Å². The Kier molecular flexibility index (Phi) is 12.7. The lowest BCUT2D eigenvalue weighted by Gasteiger charge is -2.12. The predicted molar refractivity (Wildman–Crippen MR) is 182 cm³/mol. The van der Waals surface area contributed by atoms with Crippen molar-refractivity contribution in [3.05, 3.63) is 120 Å². The van der Waals surface area contributed by atoms with Crippen LogP contribution in [-0.4, -0.2) is 23.1 Å². The molecule has 0 amide bonds. The van der Waals surface area contributed by atoms with Crippen molar-refractivity contribution >= 4 is 44.7 Å². The maximum absolute atomic E-state index is 12.3. The standard InChI is InChI=1S/C21H22O.C19H22O3/c1-15(2)13-18(22)11-12-21-19-9-5-3-7-16(19)14-17-8-4-6-10-20(17)21;1-5-17(20)11-14-8-15(12-18(21)6-2)10-16(9-14)19(22)7-13(3)4/h3-10,14-15H,11-13H2,1-2H3;5-6,8-10,13H,1-2,7,11-12H2,3-4H3. The molecule has 0 aromatic heterocycles. The van der Waals surface area contributed by atoms with Crippen LogP contribution in [0.15, 0.2) is 98.1 Å². The van der Waals surface area contributed by atoms with Crippen molar-refractivity contribution in [2.24, 2.45) is 11.8 Å². The molecule has 0 aliphatic rings. The molecule has 4 rings (SSSR count). The van der Waals surface area contributed by atoms with Crippen molar-refractivity contribution in [1.29, 1.82) is 0 Å². The number of hydrogen-bond acceptors (Lipinski definition) is 4. The van der Waals surface area contributed by atoms with Crippen LogP contribution < -0.4 is 0 Å². The van der Waals surface area contributed by atoms with Gasteiger partial charge in [0.1, 0.15) is 5.78 Å². The van der Waals surface area contributed by atoms with Crippen LogP contribution in [-0.2, 0) is 33.6 Å². The largest absolute Gasteiger partial charge is 0.300 e. The van der Waals surface area contributed by atoms with Crippen molar-refractivity contribution in [3.8, 4) is 0 Å². The third-order valence-electron chi connectivity index (χ3n) is 7.35. The maximum Gasteiger partial charge on any atom is 0.163 e. The van der Waals surface area contributed by atoms with E-state index in [0.29, 0.717) is 36.5 Å². The molecule has 0 spiro atoms. The van der Waals surface area contributed by atoms with E-state index in [1.54, 1.807) is 18.2 Å². The molecule has 0 aliphatic carbocycles. The van der Waals surface area contributed by atoms with Crippen LogP contribution in [0.5, 0.6) is 0 Å². The van der Waals surface area contributed by atoms with Gasteiger partial charge < -0.3 is 0 Å². The zero-order valence-corrected chi connectivity index (χ0v) is 26.5. The number of ketones is 4. The molecule has 0 heterocycles. The molecule has 0 N–H and O–H groups in total. The molecule has 0 bridgehead atoms. The first-order chi connectivity index (χ1) is 21.0. The van der Waals surface area contributed by atoms with E-state index in [-0.39, 0.29) is 36.1 Å². The molecular formula is C40H44O4. The summed E-state index contributed by atoms with van der Waals surface area (Å²) in [7, 11) is 0. The Balaban J connectivity index is 0.000000240. The number of hydrogen-bond donors (Lipinski definition) is 0. The SMILES string of the molecule is C=CC(=O)Cc1cc(CC(=O)C=C)cc(C(=O)CC(C)C)c1.CC(C)CC(=O)CCc1c2ccccc2cc2ccccc12. The highest BCUT2D eigenvalue weighted by Gasteiger charge is 2.13. The molecular weight excluding hydrogens is 544 g/mol. The van der Waals surface area contributed by atoms with Gasteiger partial charge in [0.15, 0.2) is 17.3 Å². The summed E-state index contributed by atoms with van der Waals surface area (Å²) < 4.78 is 0. The Morgan fingerprint density at radius 2 is 1.14 bits per heavy atom. The molecule has 4 nitrogen and oxygen atoms in total. The van der Waals surface area contributed by atoms with Gasteiger partial charge in [0.05, 0.1) is 0 Å². The zero-order chi connectivity index (χ0) is 32.2. The lowest BCUT2D eigenvalue weighted by molar-refractivity contribution is -0.119. The third-order valence-corrected chi connectivity index (χ3v) is 7.35. The molecule has 0 saturated heterocycles. The smallest absolute Gasteiger partial charge is 0.163 e. The second-order valence-corrected chi connectivity index (χ2v) is 12.2. The number of allylic oxidation sites excluding steroid dienone is 2. The lowest BCUT2D eigenvalue weighted by atomic mass is 9.92. The Hall–Kier alpha value is -4.44. The molecule has 0 saturated carbocycles. The van der Waals surface area contributed by atoms with Gasteiger partial charge in [-0.25, -0.2) is 0 Å². The van der Waals surface area contributed by atoms with Gasteiger partial charge in [-0.2, -0.15) is 0 Å². The molecule has 0 fully saturated rings. The molecule has 0 aliphatic heterocycles. The molecule has 0 unspecified atom stereocenters. The first-order valence-electron chi connectivity index (χ1n) is 15.4. The number of carbonyl (C=O) groups excluding carboxylic acids is 4. The summed E-state index contributed by atoms with van der Waals surface area (Å²) in [5.74, 6) is 0.854. The van der Waals surface area contributed by atoms with Crippen molar-refractivity contribution in [2.75, 3.05) is 0 Å². The van der Waals surface area contributed by atoms with Crippen LogP contribution in [0.3, 0.4) is 0 Å². The molecule has 228 valence electrons. The summed E-state index contributed by atoms with van der Waals surface area (Å²) in [6.45, 7) is 15.1. The topological polar surface area (TPSA) is 68.3 Å². The molecule has 4 aromatic carbocycles. The van der Waals surface area contributed by atoms with E-state index < -0.39 is 0 Å². The van der Waals surface area contributed by atoms with Gasteiger partial charge in [0.2, 0.25) is 0 Å². The van der Waals surface area contributed by atoms with Gasteiger partial charge in [0.25, 0.3) is 0 Å². The highest BCUT2D eigenvalue weighted by molar-refractivity contribution is 6.02. The highest BCUT2D eigenvalue weighted by Crippen LogP contribution is 2.29. The number of carbonyl (C=O) groups is 4. The van der Waals surface area contributed by atoms with Gasteiger partial charge in [-0.1, -0.05) is 95.5 Å². The summed E-state index contributed by atoms with van der Waals surface area (Å²) in [5.41, 5.74) is 3.32. The first-order valence-corrected chi connectivity index (χ1v) is 15.4. The maximum atomic E-state index is 12.3. The summed E-state index contributed by atoms with van der Waals surface area (Å²) in [6.07, 6.45) is 5.47. The van der Waals surface area contributed by atoms with Crippen molar-refractivity contribution in [2.45, 2.75) is 66.2 Å². The van der Waals surface area contributed by atoms with Gasteiger partial charge in [0, 0.05) is 37.7 Å². The Morgan fingerprint density at radius 1 is 0.659 bits per heavy atom. The fraction of sp³-hybridized carbons (Fsp3) is 0.300. The number of rotatable bonds is 14. The average molecular weight is 589 g/mol. The first kappa shape index (κ1) is 34.1. The molecule has 44 heavy (non-hydrogen) atoms. The van der Waals surface area contributed by atoms with Crippen LogP contribution in [0, 0.1) is 11.8 Å². The molecule has 0 atom stereocenters. The monoisotopic (exact) mass is 588 g/mol. The fourth-order valence-electron chi connectivity index (χ4n) is 5.36. The fourth-order valence-corrected chi connectivity index (χ4v) is 5.36. The van der Waals surface area contributed by atoms with Crippen molar-refractivity contribution in [1.82, 2.24) is 0 Å². The number of Topliss-reactive ketones (excluding diaryl/α,β-unsaturated/α-hetero) is 2. The Morgan fingerprint density at radius 3 is 1.59 bits per heavy atom. The Labute approximate surface area is 261 Å².